The van der Waals surface area contributed by atoms with Gasteiger partial charge in [-0.1, -0.05) is 12.1 Å². The Labute approximate surface area is 129 Å². The molecule has 2 aromatic carbocycles. The number of carboxylic acid groups (broad SMARTS) is 1. The van der Waals surface area contributed by atoms with E-state index in [4.69, 9.17) is 9.84 Å². The Kier molecular flexibility index (Phi) is 5.25. The zero-order valence-corrected chi connectivity index (χ0v) is 12.4. The van der Waals surface area contributed by atoms with Crippen LogP contribution in [0.25, 0.3) is 0 Å². The van der Waals surface area contributed by atoms with Gasteiger partial charge in [0, 0.05) is 12.2 Å². The summed E-state index contributed by atoms with van der Waals surface area (Å²) in [5, 5.41) is 21.6. The van der Waals surface area contributed by atoms with Crippen molar-refractivity contribution < 1.29 is 19.7 Å². The van der Waals surface area contributed by atoms with E-state index in [0.717, 1.165) is 17.7 Å². The van der Waals surface area contributed by atoms with E-state index in [9.17, 15) is 9.90 Å². The van der Waals surface area contributed by atoms with Crippen LogP contribution in [0.1, 0.15) is 22.8 Å². The number of carbonyl (C=O) groups is 1. The molecule has 2 rings (SSSR count). The van der Waals surface area contributed by atoms with Crippen molar-refractivity contribution in [3.63, 3.8) is 0 Å². The molecule has 0 atom stereocenters. The van der Waals surface area contributed by atoms with E-state index < -0.39 is 5.97 Å². The Morgan fingerprint density at radius 3 is 2.55 bits per heavy atom. The maximum Gasteiger partial charge on any atom is 0.339 e. The van der Waals surface area contributed by atoms with Crippen LogP contribution in [-0.2, 0) is 6.42 Å². The molecule has 0 spiro atoms. The number of benzene rings is 2. The van der Waals surface area contributed by atoms with Gasteiger partial charge in [0.15, 0.2) is 0 Å². The zero-order chi connectivity index (χ0) is 15.9. The van der Waals surface area contributed by atoms with Crippen LogP contribution in [-0.4, -0.2) is 29.3 Å². The van der Waals surface area contributed by atoms with Gasteiger partial charge in [0.25, 0.3) is 0 Å². The number of anilines is 1. The maximum absolute atomic E-state index is 11.0. The second-order valence-electron chi connectivity index (χ2n) is 4.79. The summed E-state index contributed by atoms with van der Waals surface area (Å²) in [6.45, 7) is 3.26. The lowest BCUT2D eigenvalue weighted by Gasteiger charge is -2.09. The summed E-state index contributed by atoms with van der Waals surface area (Å²) in [5.41, 5.74) is 1.72. The number of phenols is 1. The van der Waals surface area contributed by atoms with Crippen molar-refractivity contribution in [2.75, 3.05) is 18.5 Å². The van der Waals surface area contributed by atoms with Crippen LogP contribution in [0, 0.1) is 0 Å². The largest absolute Gasteiger partial charge is 0.507 e. The maximum atomic E-state index is 11.0. The highest BCUT2D eigenvalue weighted by Crippen LogP contribution is 2.21. The van der Waals surface area contributed by atoms with E-state index in [1.54, 1.807) is 6.07 Å². The SMILES string of the molecule is CCOc1ccc(CCNc2ccc(O)c(C(=O)O)c2)cc1. The average Bonchev–Trinajstić information content (AvgIpc) is 2.51. The van der Waals surface area contributed by atoms with Crippen LogP contribution in [0.15, 0.2) is 42.5 Å². The summed E-state index contributed by atoms with van der Waals surface area (Å²) in [7, 11) is 0. The van der Waals surface area contributed by atoms with E-state index in [0.29, 0.717) is 18.8 Å². The smallest absolute Gasteiger partial charge is 0.339 e. The number of hydrogen-bond acceptors (Lipinski definition) is 4. The zero-order valence-electron chi connectivity index (χ0n) is 12.4. The van der Waals surface area contributed by atoms with Gasteiger partial charge in [-0.2, -0.15) is 0 Å². The molecule has 0 unspecified atom stereocenters. The van der Waals surface area contributed by atoms with E-state index in [1.165, 1.54) is 12.1 Å². The predicted octanol–water partition coefficient (Wildman–Crippen LogP) is 3.14. The molecular formula is C17H19NO4. The van der Waals surface area contributed by atoms with Gasteiger partial charge < -0.3 is 20.3 Å². The minimum Gasteiger partial charge on any atom is -0.507 e. The third-order valence-electron chi connectivity index (χ3n) is 3.20. The van der Waals surface area contributed by atoms with Crippen molar-refractivity contribution in [2.24, 2.45) is 0 Å². The Hall–Kier alpha value is -2.69. The summed E-state index contributed by atoms with van der Waals surface area (Å²) < 4.78 is 5.39. The molecule has 0 heterocycles. The Morgan fingerprint density at radius 2 is 1.91 bits per heavy atom. The van der Waals surface area contributed by atoms with Crippen LogP contribution in [0.3, 0.4) is 0 Å². The van der Waals surface area contributed by atoms with Crippen molar-refractivity contribution in [2.45, 2.75) is 13.3 Å². The van der Waals surface area contributed by atoms with Crippen LogP contribution in [0.5, 0.6) is 11.5 Å². The van der Waals surface area contributed by atoms with Crippen molar-refractivity contribution in [3.05, 3.63) is 53.6 Å². The van der Waals surface area contributed by atoms with Crippen LogP contribution in [0.2, 0.25) is 0 Å². The highest BCUT2D eigenvalue weighted by molar-refractivity contribution is 5.91. The molecule has 5 nitrogen and oxygen atoms in total. The van der Waals surface area contributed by atoms with Gasteiger partial charge in [-0.05, 0) is 49.2 Å². The second-order valence-corrected chi connectivity index (χ2v) is 4.79. The standard InChI is InChI=1S/C17H19NO4/c1-2-22-14-6-3-12(4-7-14)9-10-18-13-5-8-16(19)15(11-13)17(20)21/h3-8,11,18-19H,2,9-10H2,1H3,(H,20,21). The third kappa shape index (κ3) is 4.15. The lowest BCUT2D eigenvalue weighted by atomic mass is 10.1. The molecule has 0 aromatic heterocycles. The number of aromatic carboxylic acids is 1. The first-order chi connectivity index (χ1) is 10.6. The number of hydrogen-bond donors (Lipinski definition) is 3. The normalized spacial score (nSPS) is 10.2. The van der Waals surface area contributed by atoms with Crippen molar-refractivity contribution in [3.8, 4) is 11.5 Å². The Balaban J connectivity index is 1.90. The summed E-state index contributed by atoms with van der Waals surface area (Å²) in [6.07, 6.45) is 0.801. The Bertz CT molecular complexity index is 638. The molecule has 0 aliphatic heterocycles. The van der Waals surface area contributed by atoms with Crippen molar-refractivity contribution in [1.29, 1.82) is 0 Å². The first kappa shape index (κ1) is 15.7. The fourth-order valence-corrected chi connectivity index (χ4v) is 2.09. The van der Waals surface area contributed by atoms with Gasteiger partial charge in [0.1, 0.15) is 17.1 Å². The number of ether oxygens (including phenoxy) is 1. The molecule has 0 amide bonds. The van der Waals surface area contributed by atoms with E-state index in [-0.39, 0.29) is 11.3 Å². The molecule has 2 aromatic rings. The lowest BCUT2D eigenvalue weighted by Crippen LogP contribution is -2.06. The quantitative estimate of drug-likeness (QED) is 0.685. The molecule has 3 N–H and O–H groups in total. The first-order valence-electron chi connectivity index (χ1n) is 7.12. The van der Waals surface area contributed by atoms with Gasteiger partial charge in [-0.25, -0.2) is 4.79 Å². The Morgan fingerprint density at radius 1 is 1.18 bits per heavy atom. The highest BCUT2D eigenvalue weighted by atomic mass is 16.5. The van der Waals surface area contributed by atoms with Gasteiger partial charge in [0.2, 0.25) is 0 Å². The monoisotopic (exact) mass is 301 g/mol. The van der Waals surface area contributed by atoms with Gasteiger partial charge in [-0.15, -0.1) is 0 Å². The van der Waals surface area contributed by atoms with Gasteiger partial charge in [-0.3, -0.25) is 0 Å². The molecule has 116 valence electrons. The van der Waals surface area contributed by atoms with Crippen molar-refractivity contribution in [1.82, 2.24) is 0 Å². The van der Waals surface area contributed by atoms with Gasteiger partial charge >= 0.3 is 5.97 Å². The first-order valence-corrected chi connectivity index (χ1v) is 7.12. The molecular weight excluding hydrogens is 282 g/mol. The minimum atomic E-state index is -1.15. The van der Waals surface area contributed by atoms with E-state index >= 15 is 0 Å². The molecule has 0 aliphatic carbocycles. The minimum absolute atomic E-state index is 0.105. The molecule has 0 saturated heterocycles. The predicted molar refractivity (Wildman–Crippen MR) is 84.9 cm³/mol. The molecule has 5 heteroatoms. The summed E-state index contributed by atoms with van der Waals surface area (Å²) in [4.78, 5) is 11.0. The van der Waals surface area contributed by atoms with Gasteiger partial charge in [0.05, 0.1) is 6.61 Å². The summed E-state index contributed by atoms with van der Waals surface area (Å²) in [6, 6.07) is 12.3. The second kappa shape index (κ2) is 7.36. The van der Waals surface area contributed by atoms with Crippen LogP contribution < -0.4 is 10.1 Å². The van der Waals surface area contributed by atoms with Crippen LogP contribution >= 0.6 is 0 Å². The molecule has 22 heavy (non-hydrogen) atoms. The summed E-state index contributed by atoms with van der Waals surface area (Å²) >= 11 is 0. The summed E-state index contributed by atoms with van der Waals surface area (Å²) in [5.74, 6) is -0.527. The highest BCUT2D eigenvalue weighted by Gasteiger charge is 2.09. The fourth-order valence-electron chi connectivity index (χ4n) is 2.09. The molecule has 0 bridgehead atoms. The fraction of sp³-hybridized carbons (Fsp3) is 0.235. The van der Waals surface area contributed by atoms with Crippen LogP contribution in [0.4, 0.5) is 5.69 Å². The number of carboxylic acids is 1. The topological polar surface area (TPSA) is 78.8 Å². The molecule has 0 saturated carbocycles. The number of aromatic hydroxyl groups is 1. The van der Waals surface area contributed by atoms with Crippen molar-refractivity contribution >= 4 is 11.7 Å². The third-order valence-corrected chi connectivity index (χ3v) is 3.20. The molecule has 0 fully saturated rings. The lowest BCUT2D eigenvalue weighted by molar-refractivity contribution is 0.0694. The number of rotatable bonds is 7. The molecule has 0 aliphatic rings. The van der Waals surface area contributed by atoms with E-state index in [1.807, 2.05) is 31.2 Å². The van der Waals surface area contributed by atoms with E-state index in [2.05, 4.69) is 5.32 Å². The average molecular weight is 301 g/mol. The molecule has 0 radical (unpaired) electrons. The number of nitrogens with one attached hydrogen (secondary N) is 1.